The Bertz CT molecular complexity index is 1180. The molecule has 1 aliphatic rings. The summed E-state index contributed by atoms with van der Waals surface area (Å²) in [5, 5.41) is 9.90. The SMILES string of the molecule is COCCN1CCC(C(=O)O)(S(=O)(=O)c2ccc(-c3cnc(CCC(F)(F)C(F)(F)F)cn3)cc2)CC1. The number of carbonyl (C=O) groups is 1. The van der Waals surface area contributed by atoms with Crippen molar-refractivity contribution in [3.05, 3.63) is 42.4 Å². The molecule has 8 nitrogen and oxygen atoms in total. The Morgan fingerprint density at radius 2 is 1.70 bits per heavy atom. The third-order valence-corrected chi connectivity index (χ3v) is 8.96. The molecular weight excluding hydrogens is 525 g/mol. The molecule has 1 N–H and O–H groups in total. The van der Waals surface area contributed by atoms with E-state index in [0.29, 0.717) is 18.7 Å². The van der Waals surface area contributed by atoms with Crippen LogP contribution in [0.25, 0.3) is 11.3 Å². The van der Waals surface area contributed by atoms with E-state index in [-0.39, 0.29) is 42.2 Å². The molecule has 0 spiro atoms. The zero-order chi connectivity index (χ0) is 27.5. The van der Waals surface area contributed by atoms with E-state index in [1.807, 2.05) is 4.90 Å². The van der Waals surface area contributed by atoms with Crippen LogP contribution < -0.4 is 0 Å². The highest BCUT2D eigenvalue weighted by molar-refractivity contribution is 7.93. The number of nitrogens with zero attached hydrogens (tertiary/aromatic N) is 3. The van der Waals surface area contributed by atoms with E-state index in [1.165, 1.54) is 30.5 Å². The number of halogens is 5. The average molecular weight is 552 g/mol. The molecule has 3 rings (SSSR count). The molecule has 0 saturated carbocycles. The first-order valence-electron chi connectivity index (χ1n) is 11.3. The number of hydrogen-bond donors (Lipinski definition) is 1. The minimum absolute atomic E-state index is 0.0629. The van der Waals surface area contributed by atoms with Crippen LogP contribution in [0.4, 0.5) is 22.0 Å². The summed E-state index contributed by atoms with van der Waals surface area (Å²) in [4.78, 5) is 21.8. The molecule has 0 bridgehead atoms. The fourth-order valence-corrected chi connectivity index (χ4v) is 5.94. The largest absolute Gasteiger partial charge is 0.480 e. The maximum absolute atomic E-state index is 13.4. The maximum atomic E-state index is 13.4. The van der Waals surface area contributed by atoms with Gasteiger partial charge in [0.2, 0.25) is 0 Å². The lowest BCUT2D eigenvalue weighted by Gasteiger charge is -2.38. The monoisotopic (exact) mass is 551 g/mol. The topological polar surface area (TPSA) is 110 Å². The minimum atomic E-state index is -5.65. The van der Waals surface area contributed by atoms with Gasteiger partial charge in [0.1, 0.15) is 0 Å². The number of carboxylic acid groups (broad SMARTS) is 1. The number of aliphatic carboxylic acids is 1. The van der Waals surface area contributed by atoms with E-state index in [9.17, 15) is 40.3 Å². The van der Waals surface area contributed by atoms with Gasteiger partial charge in [-0.25, -0.2) is 8.42 Å². The molecule has 0 atom stereocenters. The molecule has 1 aliphatic heterocycles. The van der Waals surface area contributed by atoms with Crippen LogP contribution in [0, 0.1) is 0 Å². The first-order chi connectivity index (χ1) is 17.2. The number of piperidine rings is 1. The van der Waals surface area contributed by atoms with Gasteiger partial charge in [0.25, 0.3) is 0 Å². The van der Waals surface area contributed by atoms with Crippen molar-refractivity contribution in [2.75, 3.05) is 33.4 Å². The summed E-state index contributed by atoms with van der Waals surface area (Å²) in [6.45, 7) is 1.57. The summed E-state index contributed by atoms with van der Waals surface area (Å²) >= 11 is 0. The molecule has 0 aliphatic carbocycles. The Balaban J connectivity index is 1.74. The Morgan fingerprint density at radius 1 is 1.08 bits per heavy atom. The highest BCUT2D eigenvalue weighted by Crippen LogP contribution is 2.39. The third kappa shape index (κ3) is 6.07. The molecule has 204 valence electrons. The highest BCUT2D eigenvalue weighted by atomic mass is 32.2. The molecule has 1 aromatic carbocycles. The first-order valence-corrected chi connectivity index (χ1v) is 12.8. The average Bonchev–Trinajstić information content (AvgIpc) is 2.86. The van der Waals surface area contributed by atoms with Gasteiger partial charge in [-0.05, 0) is 31.4 Å². The van der Waals surface area contributed by atoms with Gasteiger partial charge in [-0.15, -0.1) is 0 Å². The van der Waals surface area contributed by atoms with E-state index >= 15 is 0 Å². The van der Waals surface area contributed by atoms with E-state index in [1.54, 1.807) is 7.11 Å². The lowest BCUT2D eigenvalue weighted by molar-refractivity contribution is -0.284. The van der Waals surface area contributed by atoms with Crippen LogP contribution >= 0.6 is 0 Å². The number of alkyl halides is 5. The smallest absolute Gasteiger partial charge is 0.453 e. The van der Waals surface area contributed by atoms with Crippen molar-refractivity contribution in [1.29, 1.82) is 0 Å². The van der Waals surface area contributed by atoms with E-state index in [2.05, 4.69) is 9.97 Å². The van der Waals surface area contributed by atoms with Crippen LogP contribution in [0.1, 0.15) is 25.0 Å². The Morgan fingerprint density at radius 3 is 2.19 bits per heavy atom. The zero-order valence-electron chi connectivity index (χ0n) is 19.8. The third-order valence-electron chi connectivity index (χ3n) is 6.46. The lowest BCUT2D eigenvalue weighted by atomic mass is 9.96. The quantitative estimate of drug-likeness (QED) is 0.446. The molecule has 1 saturated heterocycles. The highest BCUT2D eigenvalue weighted by Gasteiger charge is 2.56. The van der Waals surface area contributed by atoms with Crippen molar-refractivity contribution >= 4 is 15.8 Å². The van der Waals surface area contributed by atoms with Crippen LogP contribution in [-0.4, -0.2) is 84.6 Å². The molecule has 0 unspecified atom stereocenters. The number of carboxylic acids is 1. The van der Waals surface area contributed by atoms with Crippen LogP contribution in [0.2, 0.25) is 0 Å². The standard InChI is InChI=1S/C23H26F5N3O5S/c1-36-13-12-31-10-8-21(9-11-31,20(32)33)37(34,35)18-4-2-16(3-5-18)19-15-29-17(14-30-19)6-7-22(24,25)23(26,27)28/h2-5,14-15H,6-13H2,1H3,(H,32,33). The van der Waals surface area contributed by atoms with Crippen LogP contribution in [0.3, 0.4) is 0 Å². The fraction of sp³-hybridized carbons (Fsp3) is 0.522. The molecule has 1 aromatic heterocycles. The molecule has 1 fully saturated rings. The summed E-state index contributed by atoms with van der Waals surface area (Å²) in [5.41, 5.74) is 0.569. The molecular formula is C23H26F5N3O5S. The van der Waals surface area contributed by atoms with Gasteiger partial charge in [-0.1, -0.05) is 12.1 Å². The second kappa shape index (κ2) is 11.0. The minimum Gasteiger partial charge on any atom is -0.480 e. The van der Waals surface area contributed by atoms with Crippen molar-refractivity contribution in [3.8, 4) is 11.3 Å². The van der Waals surface area contributed by atoms with E-state index in [0.717, 1.165) is 6.20 Å². The predicted octanol–water partition coefficient (Wildman–Crippen LogP) is 3.61. The van der Waals surface area contributed by atoms with Gasteiger partial charge in [0.15, 0.2) is 14.6 Å². The van der Waals surface area contributed by atoms with Crippen molar-refractivity contribution in [2.24, 2.45) is 0 Å². The van der Waals surface area contributed by atoms with Gasteiger partial charge >= 0.3 is 18.1 Å². The molecule has 0 amide bonds. The van der Waals surface area contributed by atoms with E-state index in [4.69, 9.17) is 4.74 Å². The molecule has 14 heteroatoms. The fourth-order valence-electron chi connectivity index (χ4n) is 4.05. The van der Waals surface area contributed by atoms with Crippen LogP contribution in [0.15, 0.2) is 41.6 Å². The normalized spacial score (nSPS) is 17.0. The Kier molecular flexibility index (Phi) is 8.54. The van der Waals surface area contributed by atoms with Crippen molar-refractivity contribution in [3.63, 3.8) is 0 Å². The number of methoxy groups -OCH3 is 1. The zero-order valence-corrected chi connectivity index (χ0v) is 20.7. The second-order valence-electron chi connectivity index (χ2n) is 8.76. The predicted molar refractivity (Wildman–Crippen MR) is 122 cm³/mol. The summed E-state index contributed by atoms with van der Waals surface area (Å²) in [6.07, 6.45) is -5.68. The molecule has 2 aromatic rings. The van der Waals surface area contributed by atoms with Gasteiger partial charge in [-0.2, -0.15) is 22.0 Å². The maximum Gasteiger partial charge on any atom is 0.453 e. The van der Waals surface area contributed by atoms with Crippen molar-refractivity contribution in [2.45, 2.75) is 47.4 Å². The van der Waals surface area contributed by atoms with Gasteiger partial charge in [-0.3, -0.25) is 14.8 Å². The summed E-state index contributed by atoms with van der Waals surface area (Å²) < 4.78 is 93.0. The van der Waals surface area contributed by atoms with Gasteiger partial charge < -0.3 is 14.7 Å². The summed E-state index contributed by atoms with van der Waals surface area (Å²) in [5.74, 6) is -6.26. The van der Waals surface area contributed by atoms with Crippen LogP contribution in [-0.2, 0) is 25.8 Å². The Labute approximate surface area is 210 Å². The molecule has 37 heavy (non-hydrogen) atoms. The first kappa shape index (κ1) is 28.9. The summed E-state index contributed by atoms with van der Waals surface area (Å²) in [7, 11) is -2.72. The van der Waals surface area contributed by atoms with Gasteiger partial charge in [0, 0.05) is 44.9 Å². The number of benzene rings is 1. The van der Waals surface area contributed by atoms with Gasteiger partial charge in [0.05, 0.1) is 29.1 Å². The van der Waals surface area contributed by atoms with Crippen molar-refractivity contribution in [1.82, 2.24) is 14.9 Å². The number of rotatable bonds is 10. The van der Waals surface area contributed by atoms with Crippen LogP contribution in [0.5, 0.6) is 0 Å². The van der Waals surface area contributed by atoms with Crippen molar-refractivity contribution < 1.29 is 45.0 Å². The molecule has 2 heterocycles. The number of likely N-dealkylation sites (tertiary alicyclic amines) is 1. The summed E-state index contributed by atoms with van der Waals surface area (Å²) in [6, 6.07) is 5.31. The second-order valence-corrected chi connectivity index (χ2v) is 11.0. The van der Waals surface area contributed by atoms with E-state index < -0.39 is 45.5 Å². The number of sulfone groups is 1. The lowest BCUT2D eigenvalue weighted by Crippen LogP contribution is -2.54. The molecule has 0 radical (unpaired) electrons. The number of aryl methyl sites for hydroxylation is 1. The Hall–Kier alpha value is -2.71. The number of ether oxygens (including phenoxy) is 1. The number of hydrogen-bond acceptors (Lipinski definition) is 7. The number of aromatic nitrogens is 2.